The van der Waals surface area contributed by atoms with Crippen LogP contribution < -0.4 is 10.6 Å². The molecule has 4 rings (SSSR count). The van der Waals surface area contributed by atoms with Crippen molar-refractivity contribution in [2.24, 2.45) is 5.92 Å². The molecule has 186 valence electrons. The first-order valence-corrected chi connectivity index (χ1v) is 12.2. The second kappa shape index (κ2) is 11.4. The molecule has 2 aliphatic rings. The van der Waals surface area contributed by atoms with Crippen LogP contribution in [-0.4, -0.2) is 53.5 Å². The average Bonchev–Trinajstić information content (AvgIpc) is 3.17. The standard InChI is InChI=1S/C27H32N2O6/c30-14-13-24(26(32)33)28-25(31)15-17-7-1-6-12-23(17)29-27(34)35-16-22-20-10-4-2-8-18(20)19-9-3-5-11-21(19)22/h2-5,8-11,17,22-24,30H,1,6-7,12-16H2,(H,28,31)(H,29,34)(H,32,33)/t17-,23-,24-/m0/s1. The number of carbonyl (C=O) groups excluding carboxylic acids is 2. The normalized spacial score (nSPS) is 19.8. The summed E-state index contributed by atoms with van der Waals surface area (Å²) in [6, 6.07) is 15.0. The molecule has 8 heteroatoms. The first kappa shape index (κ1) is 24.7. The van der Waals surface area contributed by atoms with E-state index in [0.717, 1.165) is 47.9 Å². The molecule has 0 bridgehead atoms. The van der Waals surface area contributed by atoms with Gasteiger partial charge in [0.1, 0.15) is 12.6 Å². The largest absolute Gasteiger partial charge is 0.480 e. The van der Waals surface area contributed by atoms with Gasteiger partial charge in [-0.3, -0.25) is 4.79 Å². The fraction of sp³-hybridized carbons (Fsp3) is 0.444. The maximum absolute atomic E-state index is 12.7. The van der Waals surface area contributed by atoms with E-state index in [4.69, 9.17) is 9.84 Å². The summed E-state index contributed by atoms with van der Waals surface area (Å²) in [7, 11) is 0. The Morgan fingerprint density at radius 1 is 0.971 bits per heavy atom. The average molecular weight is 481 g/mol. The minimum atomic E-state index is -1.18. The van der Waals surface area contributed by atoms with E-state index in [9.17, 15) is 19.5 Å². The van der Waals surface area contributed by atoms with Crippen molar-refractivity contribution < 1.29 is 29.3 Å². The van der Waals surface area contributed by atoms with Crippen molar-refractivity contribution in [3.8, 4) is 11.1 Å². The molecule has 4 N–H and O–H groups in total. The summed E-state index contributed by atoms with van der Waals surface area (Å²) < 4.78 is 5.67. The highest BCUT2D eigenvalue weighted by Crippen LogP contribution is 2.44. The van der Waals surface area contributed by atoms with Gasteiger partial charge >= 0.3 is 12.1 Å². The molecule has 0 spiro atoms. The summed E-state index contributed by atoms with van der Waals surface area (Å²) in [6.07, 6.45) is 2.94. The molecule has 2 aliphatic carbocycles. The quantitative estimate of drug-likeness (QED) is 0.436. The highest BCUT2D eigenvalue weighted by Gasteiger charge is 2.32. The lowest BCUT2D eigenvalue weighted by atomic mass is 9.82. The van der Waals surface area contributed by atoms with Crippen LogP contribution in [0.15, 0.2) is 48.5 Å². The molecule has 0 heterocycles. The van der Waals surface area contributed by atoms with Gasteiger partial charge in [-0.05, 0) is 41.0 Å². The Labute approximate surface area is 204 Å². The third kappa shape index (κ3) is 5.82. The van der Waals surface area contributed by atoms with Gasteiger partial charge in [-0.2, -0.15) is 0 Å². The molecule has 8 nitrogen and oxygen atoms in total. The van der Waals surface area contributed by atoms with E-state index in [1.54, 1.807) is 0 Å². The van der Waals surface area contributed by atoms with Crippen LogP contribution in [0, 0.1) is 5.92 Å². The molecule has 0 unspecified atom stereocenters. The Balaban J connectivity index is 1.34. The zero-order chi connectivity index (χ0) is 24.8. The highest BCUT2D eigenvalue weighted by molar-refractivity contribution is 5.83. The van der Waals surface area contributed by atoms with Crippen molar-refractivity contribution in [2.45, 2.75) is 56.5 Å². The van der Waals surface area contributed by atoms with Gasteiger partial charge in [0, 0.05) is 31.4 Å². The Hall–Kier alpha value is -3.39. The highest BCUT2D eigenvalue weighted by atomic mass is 16.5. The van der Waals surface area contributed by atoms with Gasteiger partial charge < -0.3 is 25.6 Å². The predicted molar refractivity (Wildman–Crippen MR) is 130 cm³/mol. The van der Waals surface area contributed by atoms with Gasteiger partial charge in [0.2, 0.25) is 5.91 Å². The fourth-order valence-electron chi connectivity index (χ4n) is 5.31. The minimum absolute atomic E-state index is 0.0273. The molecule has 0 aliphatic heterocycles. The second-order valence-corrected chi connectivity index (χ2v) is 9.30. The number of ether oxygens (including phenoxy) is 1. The number of rotatable bonds is 9. The lowest BCUT2D eigenvalue weighted by molar-refractivity contribution is -0.142. The molecular formula is C27H32N2O6. The van der Waals surface area contributed by atoms with Crippen LogP contribution in [0.1, 0.15) is 55.6 Å². The number of hydrogen-bond acceptors (Lipinski definition) is 5. The van der Waals surface area contributed by atoms with E-state index < -0.39 is 24.0 Å². The summed E-state index contributed by atoms with van der Waals surface area (Å²) >= 11 is 0. The van der Waals surface area contributed by atoms with E-state index in [2.05, 4.69) is 34.9 Å². The zero-order valence-corrected chi connectivity index (χ0v) is 19.6. The lowest BCUT2D eigenvalue weighted by Crippen LogP contribution is -2.46. The fourth-order valence-corrected chi connectivity index (χ4v) is 5.31. The van der Waals surface area contributed by atoms with E-state index in [1.165, 1.54) is 0 Å². The van der Waals surface area contributed by atoms with Crippen molar-refractivity contribution in [3.63, 3.8) is 0 Å². The third-order valence-corrected chi connectivity index (χ3v) is 7.05. The molecule has 1 fully saturated rings. The molecule has 2 amide bonds. The van der Waals surface area contributed by atoms with E-state index in [1.807, 2.05) is 24.3 Å². The Morgan fingerprint density at radius 2 is 1.60 bits per heavy atom. The van der Waals surface area contributed by atoms with Crippen LogP contribution in [0.25, 0.3) is 11.1 Å². The third-order valence-electron chi connectivity index (χ3n) is 7.05. The van der Waals surface area contributed by atoms with E-state index in [-0.39, 0.29) is 43.9 Å². The Kier molecular flexibility index (Phi) is 8.02. The molecule has 2 aromatic carbocycles. The monoisotopic (exact) mass is 480 g/mol. The predicted octanol–water partition coefficient (Wildman–Crippen LogP) is 3.43. The van der Waals surface area contributed by atoms with Crippen molar-refractivity contribution in [1.29, 1.82) is 0 Å². The number of carbonyl (C=O) groups is 3. The number of carboxylic acid groups (broad SMARTS) is 1. The molecule has 0 saturated heterocycles. The number of nitrogens with one attached hydrogen (secondary N) is 2. The smallest absolute Gasteiger partial charge is 0.407 e. The maximum atomic E-state index is 12.7. The van der Waals surface area contributed by atoms with Crippen molar-refractivity contribution in [1.82, 2.24) is 10.6 Å². The summed E-state index contributed by atoms with van der Waals surface area (Å²) in [5.74, 6) is -1.70. The summed E-state index contributed by atoms with van der Waals surface area (Å²) in [4.78, 5) is 36.5. The number of aliphatic carboxylic acids is 1. The number of alkyl carbamates (subject to hydrolysis) is 1. The molecule has 1 saturated carbocycles. The summed E-state index contributed by atoms with van der Waals surface area (Å²) in [5.41, 5.74) is 4.61. The number of carboxylic acids is 1. The van der Waals surface area contributed by atoms with Crippen LogP contribution in [0.5, 0.6) is 0 Å². The topological polar surface area (TPSA) is 125 Å². The van der Waals surface area contributed by atoms with Crippen LogP contribution in [0.4, 0.5) is 4.79 Å². The number of aliphatic hydroxyl groups excluding tert-OH is 1. The van der Waals surface area contributed by atoms with E-state index >= 15 is 0 Å². The first-order valence-electron chi connectivity index (χ1n) is 12.2. The lowest BCUT2D eigenvalue weighted by Gasteiger charge is -2.32. The Bertz CT molecular complexity index is 1030. The molecule has 0 aromatic heterocycles. The van der Waals surface area contributed by atoms with Gasteiger partial charge in [-0.15, -0.1) is 0 Å². The summed E-state index contributed by atoms with van der Waals surface area (Å²) in [6.45, 7) is -0.105. The minimum Gasteiger partial charge on any atom is -0.480 e. The van der Waals surface area contributed by atoms with Gasteiger partial charge in [0.05, 0.1) is 0 Å². The number of aliphatic hydroxyl groups is 1. The molecule has 0 radical (unpaired) electrons. The zero-order valence-electron chi connectivity index (χ0n) is 19.6. The van der Waals surface area contributed by atoms with Gasteiger partial charge in [0.15, 0.2) is 0 Å². The van der Waals surface area contributed by atoms with Crippen LogP contribution >= 0.6 is 0 Å². The SMILES string of the molecule is O=C(C[C@@H]1CCCC[C@@H]1NC(=O)OCC1c2ccccc2-c2ccccc21)N[C@@H](CCO)C(=O)O. The molecule has 2 aromatic rings. The van der Waals surface area contributed by atoms with Crippen molar-refractivity contribution >= 4 is 18.0 Å². The molecule has 35 heavy (non-hydrogen) atoms. The van der Waals surface area contributed by atoms with Crippen LogP contribution in [0.2, 0.25) is 0 Å². The van der Waals surface area contributed by atoms with Crippen LogP contribution in [0.3, 0.4) is 0 Å². The number of benzene rings is 2. The van der Waals surface area contributed by atoms with Gasteiger partial charge in [-0.25, -0.2) is 9.59 Å². The van der Waals surface area contributed by atoms with Gasteiger partial charge in [-0.1, -0.05) is 61.4 Å². The number of amides is 2. The van der Waals surface area contributed by atoms with Crippen molar-refractivity contribution in [2.75, 3.05) is 13.2 Å². The van der Waals surface area contributed by atoms with Gasteiger partial charge in [0.25, 0.3) is 0 Å². The van der Waals surface area contributed by atoms with E-state index in [0.29, 0.717) is 0 Å². The maximum Gasteiger partial charge on any atom is 0.407 e. The van der Waals surface area contributed by atoms with Crippen molar-refractivity contribution in [3.05, 3.63) is 59.7 Å². The Morgan fingerprint density at radius 3 is 2.23 bits per heavy atom. The number of fused-ring (bicyclic) bond motifs is 3. The number of hydrogen-bond donors (Lipinski definition) is 4. The van der Waals surface area contributed by atoms with Crippen LogP contribution in [-0.2, 0) is 14.3 Å². The molecule has 3 atom stereocenters. The molecular weight excluding hydrogens is 448 g/mol. The summed E-state index contributed by atoms with van der Waals surface area (Å²) in [5, 5.41) is 23.7. The first-order chi connectivity index (χ1) is 17.0. The second-order valence-electron chi connectivity index (χ2n) is 9.30.